The summed E-state index contributed by atoms with van der Waals surface area (Å²) in [6.45, 7) is 1.68. The maximum atomic E-state index is 12.8. The molecular weight excluding hydrogens is 382 g/mol. The number of nitriles is 1. The Hall–Kier alpha value is -4.38. The summed E-state index contributed by atoms with van der Waals surface area (Å²) < 4.78 is 1.38. The summed E-state index contributed by atoms with van der Waals surface area (Å²) in [5.41, 5.74) is 2.13. The number of carbonyl (C=O) groups is 2. The normalized spacial score (nSPS) is 14.8. The monoisotopic (exact) mass is 399 g/mol. The molecule has 1 aromatic heterocycles. The van der Waals surface area contributed by atoms with Gasteiger partial charge in [0.1, 0.15) is 5.70 Å². The number of aromatic amines is 1. The third-order valence-corrected chi connectivity index (χ3v) is 4.85. The van der Waals surface area contributed by atoms with Crippen molar-refractivity contribution in [2.75, 3.05) is 0 Å². The second-order valence-electron chi connectivity index (χ2n) is 6.78. The second kappa shape index (κ2) is 7.56. The van der Waals surface area contributed by atoms with Crippen molar-refractivity contribution in [1.82, 2.24) is 20.0 Å². The SMILES string of the molecule is Cc1[nH]n(-c2ccccc2)c(=O)c1/C=C1\NC(=O)N(Cc2ccccc2C#N)C1=O. The number of hydrogen-bond donors (Lipinski definition) is 2. The van der Waals surface area contributed by atoms with Crippen LogP contribution in [0.1, 0.15) is 22.4 Å². The summed E-state index contributed by atoms with van der Waals surface area (Å²) in [5, 5.41) is 14.7. The summed E-state index contributed by atoms with van der Waals surface area (Å²) in [6.07, 6.45) is 1.38. The van der Waals surface area contributed by atoms with E-state index in [1.165, 1.54) is 10.8 Å². The molecular formula is C22H17N5O3. The van der Waals surface area contributed by atoms with Gasteiger partial charge in [-0.25, -0.2) is 9.48 Å². The molecule has 2 N–H and O–H groups in total. The minimum Gasteiger partial charge on any atom is -0.303 e. The van der Waals surface area contributed by atoms with E-state index in [2.05, 4.69) is 16.5 Å². The van der Waals surface area contributed by atoms with Gasteiger partial charge in [-0.05, 0) is 36.8 Å². The van der Waals surface area contributed by atoms with Gasteiger partial charge < -0.3 is 5.32 Å². The van der Waals surface area contributed by atoms with E-state index in [4.69, 9.17) is 0 Å². The van der Waals surface area contributed by atoms with E-state index in [0.717, 1.165) is 4.90 Å². The molecule has 8 nitrogen and oxygen atoms in total. The first-order valence-corrected chi connectivity index (χ1v) is 9.19. The predicted molar refractivity (Wildman–Crippen MR) is 109 cm³/mol. The van der Waals surface area contributed by atoms with Crippen molar-refractivity contribution < 1.29 is 9.59 Å². The van der Waals surface area contributed by atoms with Crippen molar-refractivity contribution in [3.05, 3.63) is 93.0 Å². The number of aromatic nitrogens is 2. The molecule has 0 spiro atoms. The third-order valence-electron chi connectivity index (χ3n) is 4.85. The van der Waals surface area contributed by atoms with E-state index < -0.39 is 11.9 Å². The molecule has 3 amide bonds. The number of rotatable bonds is 4. The summed E-state index contributed by atoms with van der Waals surface area (Å²) in [6, 6.07) is 17.3. The molecule has 8 heteroatoms. The molecule has 1 aliphatic rings. The standard InChI is InChI=1S/C22H17N5O3/c1-14-18(20(28)27(25-14)17-9-3-2-4-10-17)11-19-21(29)26(22(30)24-19)13-16-8-6-5-7-15(16)12-23/h2-11,25H,13H2,1H3,(H,24,30)/b19-11-. The highest BCUT2D eigenvalue weighted by Gasteiger charge is 2.34. The molecule has 0 unspecified atom stereocenters. The van der Waals surface area contributed by atoms with Crippen LogP contribution in [-0.4, -0.2) is 26.6 Å². The number of urea groups is 1. The van der Waals surface area contributed by atoms with Crippen molar-refractivity contribution in [3.63, 3.8) is 0 Å². The molecule has 0 atom stereocenters. The van der Waals surface area contributed by atoms with Gasteiger partial charge in [0, 0.05) is 5.69 Å². The summed E-state index contributed by atoms with van der Waals surface area (Å²) in [5.74, 6) is -0.556. The van der Waals surface area contributed by atoms with Gasteiger partial charge in [0.25, 0.3) is 11.5 Å². The number of amides is 3. The largest absolute Gasteiger partial charge is 0.329 e. The maximum absolute atomic E-state index is 12.8. The second-order valence-corrected chi connectivity index (χ2v) is 6.78. The van der Waals surface area contributed by atoms with Crippen molar-refractivity contribution in [2.24, 2.45) is 0 Å². The van der Waals surface area contributed by atoms with E-state index in [0.29, 0.717) is 22.5 Å². The topological polar surface area (TPSA) is 111 Å². The first-order chi connectivity index (χ1) is 14.5. The molecule has 1 fully saturated rings. The Morgan fingerprint density at radius 2 is 1.73 bits per heavy atom. The summed E-state index contributed by atoms with van der Waals surface area (Å²) in [7, 11) is 0. The highest BCUT2D eigenvalue weighted by atomic mass is 16.2. The zero-order valence-corrected chi connectivity index (χ0v) is 16.0. The lowest BCUT2D eigenvalue weighted by molar-refractivity contribution is -0.123. The Kier molecular flexibility index (Phi) is 4.78. The Balaban J connectivity index is 1.66. The quantitative estimate of drug-likeness (QED) is 0.518. The molecule has 4 rings (SSSR count). The van der Waals surface area contributed by atoms with E-state index >= 15 is 0 Å². The Morgan fingerprint density at radius 1 is 1.03 bits per heavy atom. The zero-order valence-electron chi connectivity index (χ0n) is 16.0. The number of H-pyrrole nitrogens is 1. The van der Waals surface area contributed by atoms with Crippen LogP contribution in [0.2, 0.25) is 0 Å². The first-order valence-electron chi connectivity index (χ1n) is 9.19. The molecule has 0 radical (unpaired) electrons. The minimum absolute atomic E-state index is 0.00819. The summed E-state index contributed by atoms with van der Waals surface area (Å²) >= 11 is 0. The molecule has 0 bridgehead atoms. The van der Waals surface area contributed by atoms with Crippen LogP contribution in [0.25, 0.3) is 11.8 Å². The molecule has 0 aliphatic carbocycles. The van der Waals surface area contributed by atoms with Crippen LogP contribution in [0.3, 0.4) is 0 Å². The van der Waals surface area contributed by atoms with E-state index in [1.807, 2.05) is 18.2 Å². The number of para-hydroxylation sites is 1. The lowest BCUT2D eigenvalue weighted by atomic mass is 10.1. The Labute approximate surface area is 171 Å². The maximum Gasteiger partial charge on any atom is 0.329 e. The van der Waals surface area contributed by atoms with Crippen LogP contribution >= 0.6 is 0 Å². The fraction of sp³-hybridized carbons (Fsp3) is 0.0909. The molecule has 1 saturated heterocycles. The van der Waals surface area contributed by atoms with Crippen LogP contribution in [0.15, 0.2) is 65.1 Å². The third kappa shape index (κ3) is 3.29. The highest BCUT2D eigenvalue weighted by Crippen LogP contribution is 2.19. The van der Waals surface area contributed by atoms with Crippen LogP contribution in [0.5, 0.6) is 0 Å². The molecule has 0 saturated carbocycles. The van der Waals surface area contributed by atoms with Crippen molar-refractivity contribution >= 4 is 18.0 Å². The number of hydrogen-bond acceptors (Lipinski definition) is 4. The van der Waals surface area contributed by atoms with Crippen LogP contribution < -0.4 is 10.9 Å². The van der Waals surface area contributed by atoms with Crippen LogP contribution in [-0.2, 0) is 11.3 Å². The van der Waals surface area contributed by atoms with Gasteiger partial charge in [0.05, 0.1) is 29.4 Å². The van der Waals surface area contributed by atoms with Gasteiger partial charge in [-0.15, -0.1) is 0 Å². The van der Waals surface area contributed by atoms with Crippen LogP contribution in [0.4, 0.5) is 4.79 Å². The smallest absolute Gasteiger partial charge is 0.303 e. The van der Waals surface area contributed by atoms with E-state index in [-0.39, 0.29) is 23.4 Å². The highest BCUT2D eigenvalue weighted by molar-refractivity contribution is 6.13. The minimum atomic E-state index is -0.601. The number of benzene rings is 2. The van der Waals surface area contributed by atoms with Gasteiger partial charge in [0.2, 0.25) is 0 Å². The lowest BCUT2D eigenvalue weighted by Gasteiger charge is -2.12. The molecule has 148 valence electrons. The zero-order chi connectivity index (χ0) is 21.3. The molecule has 1 aliphatic heterocycles. The molecule has 2 aromatic carbocycles. The predicted octanol–water partition coefficient (Wildman–Crippen LogP) is 2.44. The van der Waals surface area contributed by atoms with Gasteiger partial charge in [-0.2, -0.15) is 5.26 Å². The van der Waals surface area contributed by atoms with Gasteiger partial charge in [-0.1, -0.05) is 36.4 Å². The van der Waals surface area contributed by atoms with Crippen molar-refractivity contribution in [3.8, 4) is 11.8 Å². The van der Waals surface area contributed by atoms with Gasteiger partial charge >= 0.3 is 6.03 Å². The van der Waals surface area contributed by atoms with Crippen molar-refractivity contribution in [1.29, 1.82) is 5.26 Å². The Morgan fingerprint density at radius 3 is 2.47 bits per heavy atom. The van der Waals surface area contributed by atoms with E-state index in [9.17, 15) is 19.6 Å². The van der Waals surface area contributed by atoms with E-state index in [1.54, 1.807) is 43.3 Å². The average Bonchev–Trinajstić information content (AvgIpc) is 3.19. The fourth-order valence-electron chi connectivity index (χ4n) is 3.29. The van der Waals surface area contributed by atoms with Gasteiger partial charge in [-0.3, -0.25) is 19.6 Å². The molecule has 30 heavy (non-hydrogen) atoms. The van der Waals surface area contributed by atoms with Crippen LogP contribution in [0, 0.1) is 18.3 Å². The summed E-state index contributed by atoms with van der Waals surface area (Å²) in [4.78, 5) is 39.0. The first kappa shape index (κ1) is 19.0. The van der Waals surface area contributed by atoms with Crippen molar-refractivity contribution in [2.45, 2.75) is 13.5 Å². The fourth-order valence-corrected chi connectivity index (χ4v) is 3.29. The lowest BCUT2D eigenvalue weighted by Crippen LogP contribution is -2.30. The number of nitrogens with one attached hydrogen (secondary N) is 2. The number of carbonyl (C=O) groups excluding carboxylic acids is 2. The molecule has 3 aromatic rings. The number of imide groups is 1. The average molecular weight is 399 g/mol. The number of nitrogens with zero attached hydrogens (tertiary/aromatic N) is 3. The Bertz CT molecular complexity index is 1280. The number of aryl methyl sites for hydroxylation is 1. The van der Waals surface area contributed by atoms with Gasteiger partial charge in [0.15, 0.2) is 0 Å². The molecule has 2 heterocycles.